The van der Waals surface area contributed by atoms with E-state index >= 15 is 0 Å². The predicted octanol–water partition coefficient (Wildman–Crippen LogP) is 2.92. The number of aliphatic carboxylic acids is 1. The zero-order valence-electron chi connectivity index (χ0n) is 14.5. The highest BCUT2D eigenvalue weighted by Gasteiger charge is 2.40. The van der Waals surface area contributed by atoms with Gasteiger partial charge in [-0.3, -0.25) is 4.79 Å². The molecule has 6 nitrogen and oxygen atoms in total. The van der Waals surface area contributed by atoms with Gasteiger partial charge in [0.05, 0.1) is 14.2 Å². The van der Waals surface area contributed by atoms with Gasteiger partial charge in [0, 0.05) is 5.56 Å². The van der Waals surface area contributed by atoms with E-state index in [1.165, 1.54) is 14.2 Å². The number of carbonyl (C=O) groups excluding carboxylic acids is 1. The first-order chi connectivity index (χ1) is 11.4. The first kappa shape index (κ1) is 18.1. The van der Waals surface area contributed by atoms with E-state index < -0.39 is 17.4 Å². The molecule has 2 rings (SSSR count). The van der Waals surface area contributed by atoms with Crippen LogP contribution in [0.1, 0.15) is 54.4 Å². The molecule has 0 aliphatic heterocycles. The van der Waals surface area contributed by atoms with E-state index in [1.807, 2.05) is 0 Å². The van der Waals surface area contributed by atoms with Crippen LogP contribution in [-0.2, 0) is 4.79 Å². The number of rotatable bonds is 5. The standard InChI is InChI=1S/C18H25NO5/c1-12-10-14(23-2)15(24-3)11-13(12)16(20)19-18(17(21)22)8-6-4-5-7-9-18/h10-11H,4-9H2,1-3H3,(H,19,20)(H,21,22). The molecule has 0 unspecified atom stereocenters. The molecule has 0 atom stereocenters. The van der Waals surface area contributed by atoms with Gasteiger partial charge in [-0.05, 0) is 37.5 Å². The number of nitrogens with one attached hydrogen (secondary N) is 1. The number of ether oxygens (including phenoxy) is 2. The Morgan fingerprint density at radius 1 is 1.04 bits per heavy atom. The zero-order chi connectivity index (χ0) is 17.7. The van der Waals surface area contributed by atoms with Gasteiger partial charge in [0.25, 0.3) is 5.91 Å². The molecule has 0 aromatic heterocycles. The summed E-state index contributed by atoms with van der Waals surface area (Å²) in [6, 6.07) is 3.31. The van der Waals surface area contributed by atoms with Crippen LogP contribution in [0.4, 0.5) is 0 Å². The van der Waals surface area contributed by atoms with Gasteiger partial charge < -0.3 is 19.9 Å². The Labute approximate surface area is 142 Å². The van der Waals surface area contributed by atoms with Gasteiger partial charge in [-0.25, -0.2) is 4.79 Å². The highest BCUT2D eigenvalue weighted by Crippen LogP contribution is 2.32. The Balaban J connectivity index is 2.32. The van der Waals surface area contributed by atoms with E-state index in [0.717, 1.165) is 25.7 Å². The van der Waals surface area contributed by atoms with Crippen LogP contribution >= 0.6 is 0 Å². The third kappa shape index (κ3) is 3.63. The molecule has 1 aromatic rings. The molecule has 1 saturated carbocycles. The average molecular weight is 335 g/mol. The number of aryl methyl sites for hydroxylation is 1. The lowest BCUT2D eigenvalue weighted by molar-refractivity contribution is -0.145. The molecule has 1 amide bonds. The summed E-state index contributed by atoms with van der Waals surface area (Å²) >= 11 is 0. The van der Waals surface area contributed by atoms with Crippen LogP contribution in [0, 0.1) is 6.92 Å². The summed E-state index contributed by atoms with van der Waals surface area (Å²) in [7, 11) is 3.03. The van der Waals surface area contributed by atoms with Gasteiger partial charge in [0.1, 0.15) is 5.54 Å². The first-order valence-corrected chi connectivity index (χ1v) is 8.22. The summed E-state index contributed by atoms with van der Waals surface area (Å²) in [5, 5.41) is 12.5. The maximum Gasteiger partial charge on any atom is 0.329 e. The van der Waals surface area contributed by atoms with Crippen LogP contribution in [0.2, 0.25) is 0 Å². The van der Waals surface area contributed by atoms with Gasteiger partial charge in [0.15, 0.2) is 11.5 Å². The van der Waals surface area contributed by atoms with Crippen molar-refractivity contribution in [2.75, 3.05) is 14.2 Å². The molecule has 1 fully saturated rings. The van der Waals surface area contributed by atoms with Gasteiger partial charge in [-0.2, -0.15) is 0 Å². The van der Waals surface area contributed by atoms with Crippen molar-refractivity contribution in [3.63, 3.8) is 0 Å². The monoisotopic (exact) mass is 335 g/mol. The number of amides is 1. The minimum atomic E-state index is -1.19. The van der Waals surface area contributed by atoms with Crippen molar-refractivity contribution in [2.45, 2.75) is 51.0 Å². The van der Waals surface area contributed by atoms with Gasteiger partial charge >= 0.3 is 5.97 Å². The Morgan fingerprint density at radius 2 is 1.58 bits per heavy atom. The molecule has 24 heavy (non-hydrogen) atoms. The Hall–Kier alpha value is -2.24. The van der Waals surface area contributed by atoms with Crippen molar-refractivity contribution in [1.29, 1.82) is 0 Å². The molecular weight excluding hydrogens is 310 g/mol. The van der Waals surface area contributed by atoms with E-state index in [9.17, 15) is 14.7 Å². The molecule has 1 aromatic carbocycles. The molecule has 0 spiro atoms. The van der Waals surface area contributed by atoms with Crippen molar-refractivity contribution < 1.29 is 24.2 Å². The van der Waals surface area contributed by atoms with Crippen LogP contribution in [-0.4, -0.2) is 36.7 Å². The number of carboxylic acid groups (broad SMARTS) is 1. The molecule has 132 valence electrons. The maximum atomic E-state index is 12.8. The quantitative estimate of drug-likeness (QED) is 0.808. The number of methoxy groups -OCH3 is 2. The fraction of sp³-hybridized carbons (Fsp3) is 0.556. The van der Waals surface area contributed by atoms with Crippen LogP contribution < -0.4 is 14.8 Å². The zero-order valence-corrected chi connectivity index (χ0v) is 14.5. The lowest BCUT2D eigenvalue weighted by Gasteiger charge is -2.29. The number of hydrogen-bond donors (Lipinski definition) is 2. The lowest BCUT2D eigenvalue weighted by atomic mass is 9.89. The smallest absolute Gasteiger partial charge is 0.329 e. The highest BCUT2D eigenvalue weighted by molar-refractivity contribution is 5.99. The summed E-state index contributed by atoms with van der Waals surface area (Å²) in [6.07, 6.45) is 4.52. The fourth-order valence-electron chi connectivity index (χ4n) is 3.23. The second kappa shape index (κ2) is 7.55. The normalized spacial score (nSPS) is 16.8. The summed E-state index contributed by atoms with van der Waals surface area (Å²) < 4.78 is 10.5. The van der Waals surface area contributed by atoms with Gasteiger partial charge in [-0.15, -0.1) is 0 Å². The minimum absolute atomic E-state index is 0.391. The van der Waals surface area contributed by atoms with E-state index in [1.54, 1.807) is 19.1 Å². The topological polar surface area (TPSA) is 84.9 Å². The SMILES string of the molecule is COc1cc(C)c(C(=O)NC2(C(=O)O)CCCCCC2)cc1OC. The molecule has 1 aliphatic rings. The fourth-order valence-corrected chi connectivity index (χ4v) is 3.23. The minimum Gasteiger partial charge on any atom is -0.493 e. The van der Waals surface area contributed by atoms with Crippen LogP contribution in [0.3, 0.4) is 0 Å². The second-order valence-electron chi connectivity index (χ2n) is 6.28. The van der Waals surface area contributed by atoms with Crippen molar-refractivity contribution >= 4 is 11.9 Å². The molecule has 6 heteroatoms. The van der Waals surface area contributed by atoms with Crippen molar-refractivity contribution in [2.24, 2.45) is 0 Å². The summed E-state index contributed by atoms with van der Waals surface area (Å²) in [4.78, 5) is 24.6. The van der Waals surface area contributed by atoms with E-state index in [-0.39, 0.29) is 0 Å². The van der Waals surface area contributed by atoms with Gasteiger partial charge in [-0.1, -0.05) is 25.7 Å². The molecular formula is C18H25NO5. The summed E-state index contributed by atoms with van der Waals surface area (Å²) in [5.74, 6) is -0.374. The summed E-state index contributed by atoms with van der Waals surface area (Å²) in [5.41, 5.74) is -0.0791. The Kier molecular flexibility index (Phi) is 5.70. The molecule has 0 saturated heterocycles. The van der Waals surface area contributed by atoms with Crippen LogP contribution in [0.25, 0.3) is 0 Å². The van der Waals surface area contributed by atoms with Gasteiger partial charge in [0.2, 0.25) is 0 Å². The number of carboxylic acids is 1. The van der Waals surface area contributed by atoms with E-state index in [4.69, 9.17) is 9.47 Å². The third-order valence-corrected chi connectivity index (χ3v) is 4.69. The van der Waals surface area contributed by atoms with E-state index in [2.05, 4.69) is 5.32 Å². The number of hydrogen-bond acceptors (Lipinski definition) is 4. The lowest BCUT2D eigenvalue weighted by Crippen LogP contribution is -2.54. The molecule has 2 N–H and O–H groups in total. The predicted molar refractivity (Wildman–Crippen MR) is 89.8 cm³/mol. The molecule has 0 radical (unpaired) electrons. The molecule has 1 aliphatic carbocycles. The van der Waals surface area contributed by atoms with E-state index in [0.29, 0.717) is 35.5 Å². The van der Waals surface area contributed by atoms with Crippen LogP contribution in [0.5, 0.6) is 11.5 Å². The third-order valence-electron chi connectivity index (χ3n) is 4.69. The number of carbonyl (C=O) groups is 2. The highest BCUT2D eigenvalue weighted by atomic mass is 16.5. The second-order valence-corrected chi connectivity index (χ2v) is 6.28. The first-order valence-electron chi connectivity index (χ1n) is 8.22. The van der Waals surface area contributed by atoms with Crippen molar-refractivity contribution in [3.05, 3.63) is 23.3 Å². The number of benzene rings is 1. The largest absolute Gasteiger partial charge is 0.493 e. The summed E-state index contributed by atoms with van der Waals surface area (Å²) in [6.45, 7) is 1.79. The van der Waals surface area contributed by atoms with Crippen LogP contribution in [0.15, 0.2) is 12.1 Å². The van der Waals surface area contributed by atoms with Crippen molar-refractivity contribution in [1.82, 2.24) is 5.32 Å². The Bertz CT molecular complexity index is 618. The maximum absolute atomic E-state index is 12.8. The Morgan fingerprint density at radius 3 is 2.08 bits per heavy atom. The van der Waals surface area contributed by atoms with Crippen molar-refractivity contribution in [3.8, 4) is 11.5 Å². The molecule has 0 heterocycles. The molecule has 0 bridgehead atoms. The average Bonchev–Trinajstić information content (AvgIpc) is 2.80.